The first-order valence-corrected chi connectivity index (χ1v) is 7.18. The molecule has 3 unspecified atom stereocenters. The van der Waals surface area contributed by atoms with E-state index in [1.807, 2.05) is 0 Å². The van der Waals surface area contributed by atoms with Crippen molar-refractivity contribution in [1.29, 1.82) is 0 Å². The fourth-order valence-electron chi connectivity index (χ4n) is 2.65. The molecular formula is C14H26N2O3. The van der Waals surface area contributed by atoms with Gasteiger partial charge in [-0.2, -0.15) is 0 Å². The maximum Gasteiger partial charge on any atom is 0.317 e. The molecule has 0 aromatic rings. The van der Waals surface area contributed by atoms with Crippen molar-refractivity contribution in [3.63, 3.8) is 0 Å². The molecule has 0 aliphatic heterocycles. The largest absolute Gasteiger partial charge is 0.481 e. The lowest BCUT2D eigenvalue weighted by Crippen LogP contribution is -2.46. The van der Waals surface area contributed by atoms with Crippen molar-refractivity contribution in [2.45, 2.75) is 52.0 Å². The number of nitrogens with zero attached hydrogens (tertiary/aromatic N) is 1. The summed E-state index contributed by atoms with van der Waals surface area (Å²) >= 11 is 0. The topological polar surface area (TPSA) is 69.6 Å². The van der Waals surface area contributed by atoms with Gasteiger partial charge in [0, 0.05) is 19.6 Å². The van der Waals surface area contributed by atoms with Crippen LogP contribution in [0, 0.1) is 11.8 Å². The van der Waals surface area contributed by atoms with Crippen LogP contribution >= 0.6 is 0 Å². The zero-order chi connectivity index (χ0) is 14.4. The summed E-state index contributed by atoms with van der Waals surface area (Å²) in [5.74, 6) is -0.698. The SMILES string of the molecule is CCC1CCCC(NC(=O)N(C)CC(C)C(=O)O)C1. The van der Waals surface area contributed by atoms with Gasteiger partial charge in [0.15, 0.2) is 0 Å². The van der Waals surface area contributed by atoms with E-state index in [2.05, 4.69) is 12.2 Å². The number of carboxylic acids is 1. The van der Waals surface area contributed by atoms with Crippen LogP contribution in [0.3, 0.4) is 0 Å². The van der Waals surface area contributed by atoms with Crippen molar-refractivity contribution in [3.05, 3.63) is 0 Å². The van der Waals surface area contributed by atoms with Gasteiger partial charge >= 0.3 is 12.0 Å². The quantitative estimate of drug-likeness (QED) is 0.805. The maximum absolute atomic E-state index is 12.0. The number of urea groups is 1. The normalized spacial score (nSPS) is 24.6. The highest BCUT2D eigenvalue weighted by Crippen LogP contribution is 2.26. The third kappa shape index (κ3) is 5.09. The summed E-state index contributed by atoms with van der Waals surface area (Å²) in [6, 6.07) is 0.0867. The van der Waals surface area contributed by atoms with E-state index in [1.165, 1.54) is 17.7 Å². The molecule has 0 saturated heterocycles. The van der Waals surface area contributed by atoms with Crippen LogP contribution in [0.5, 0.6) is 0 Å². The van der Waals surface area contributed by atoms with Crippen LogP contribution in [0.4, 0.5) is 4.79 Å². The summed E-state index contributed by atoms with van der Waals surface area (Å²) in [7, 11) is 1.65. The molecule has 19 heavy (non-hydrogen) atoms. The molecule has 5 nitrogen and oxygen atoms in total. The van der Waals surface area contributed by atoms with Crippen molar-refractivity contribution in [1.82, 2.24) is 10.2 Å². The highest BCUT2D eigenvalue weighted by atomic mass is 16.4. The molecule has 1 rings (SSSR count). The second-order valence-electron chi connectivity index (χ2n) is 5.71. The van der Waals surface area contributed by atoms with Crippen molar-refractivity contribution in [2.24, 2.45) is 11.8 Å². The van der Waals surface area contributed by atoms with Crippen LogP contribution in [0.25, 0.3) is 0 Å². The summed E-state index contributed by atoms with van der Waals surface area (Å²) in [6.45, 7) is 4.04. The minimum Gasteiger partial charge on any atom is -0.481 e. The standard InChI is InChI=1S/C14H26N2O3/c1-4-11-6-5-7-12(8-11)15-14(19)16(3)9-10(2)13(17)18/h10-12H,4-9H2,1-3H3,(H,15,19)(H,17,18). The Labute approximate surface area is 115 Å². The van der Waals surface area contributed by atoms with E-state index >= 15 is 0 Å². The molecule has 3 atom stereocenters. The Balaban J connectivity index is 2.39. The number of aliphatic carboxylic acids is 1. The molecule has 0 heterocycles. The lowest BCUT2D eigenvalue weighted by Gasteiger charge is -2.31. The molecule has 2 N–H and O–H groups in total. The molecule has 0 radical (unpaired) electrons. The molecule has 110 valence electrons. The summed E-state index contributed by atoms with van der Waals surface area (Å²) in [6.07, 6.45) is 5.67. The predicted molar refractivity (Wildman–Crippen MR) is 74.0 cm³/mol. The number of amides is 2. The fourth-order valence-corrected chi connectivity index (χ4v) is 2.65. The van der Waals surface area contributed by atoms with Gasteiger partial charge in [0.05, 0.1) is 5.92 Å². The van der Waals surface area contributed by atoms with Gasteiger partial charge in [-0.25, -0.2) is 4.79 Å². The summed E-state index contributed by atoms with van der Waals surface area (Å²) in [4.78, 5) is 24.2. The average Bonchev–Trinajstić information content (AvgIpc) is 2.38. The molecular weight excluding hydrogens is 244 g/mol. The maximum atomic E-state index is 12.0. The Kier molecular flexibility index (Phi) is 6.12. The fraction of sp³-hybridized carbons (Fsp3) is 0.857. The number of carbonyl (C=O) groups is 2. The molecule has 0 aromatic heterocycles. The van der Waals surface area contributed by atoms with E-state index in [1.54, 1.807) is 14.0 Å². The lowest BCUT2D eigenvalue weighted by atomic mass is 9.84. The Bertz CT molecular complexity index is 320. The number of carbonyl (C=O) groups excluding carboxylic acids is 1. The first kappa shape index (κ1) is 15.8. The Morgan fingerprint density at radius 1 is 1.42 bits per heavy atom. The molecule has 5 heteroatoms. The number of hydrogen-bond donors (Lipinski definition) is 2. The summed E-state index contributed by atoms with van der Waals surface area (Å²) < 4.78 is 0. The molecule has 1 saturated carbocycles. The molecule has 2 amide bonds. The Hall–Kier alpha value is -1.26. The molecule has 1 aliphatic carbocycles. The number of carboxylic acid groups (broad SMARTS) is 1. The van der Waals surface area contributed by atoms with Crippen LogP contribution in [0.1, 0.15) is 46.0 Å². The lowest BCUT2D eigenvalue weighted by molar-refractivity contribution is -0.141. The third-order valence-electron chi connectivity index (χ3n) is 4.00. The third-order valence-corrected chi connectivity index (χ3v) is 4.00. The van der Waals surface area contributed by atoms with E-state index in [0.29, 0.717) is 5.92 Å². The summed E-state index contributed by atoms with van der Waals surface area (Å²) in [5.41, 5.74) is 0. The average molecular weight is 270 g/mol. The predicted octanol–water partition coefficient (Wildman–Crippen LogP) is 2.32. The van der Waals surface area contributed by atoms with Crippen LogP contribution < -0.4 is 5.32 Å². The minimum absolute atomic E-state index is 0.158. The Morgan fingerprint density at radius 3 is 2.68 bits per heavy atom. The first-order chi connectivity index (χ1) is 8.93. The monoisotopic (exact) mass is 270 g/mol. The van der Waals surface area contributed by atoms with Gasteiger partial charge in [-0.1, -0.05) is 33.1 Å². The van der Waals surface area contributed by atoms with Gasteiger partial charge in [0.2, 0.25) is 0 Å². The molecule has 0 aromatic carbocycles. The van der Waals surface area contributed by atoms with Crippen LogP contribution in [0.2, 0.25) is 0 Å². The van der Waals surface area contributed by atoms with Crippen LogP contribution in [0.15, 0.2) is 0 Å². The highest BCUT2D eigenvalue weighted by molar-refractivity contribution is 5.76. The first-order valence-electron chi connectivity index (χ1n) is 7.18. The second kappa shape index (κ2) is 7.36. The Morgan fingerprint density at radius 2 is 2.11 bits per heavy atom. The van der Waals surface area contributed by atoms with E-state index in [9.17, 15) is 9.59 Å². The number of nitrogens with one attached hydrogen (secondary N) is 1. The van der Waals surface area contributed by atoms with Crippen LogP contribution in [-0.2, 0) is 4.79 Å². The van der Waals surface area contributed by atoms with Gasteiger partial charge in [-0.15, -0.1) is 0 Å². The zero-order valence-corrected chi connectivity index (χ0v) is 12.2. The molecule has 1 aliphatic rings. The van der Waals surface area contributed by atoms with E-state index in [-0.39, 0.29) is 18.6 Å². The van der Waals surface area contributed by atoms with E-state index in [0.717, 1.165) is 19.3 Å². The van der Waals surface area contributed by atoms with Crippen molar-refractivity contribution < 1.29 is 14.7 Å². The van der Waals surface area contributed by atoms with Crippen molar-refractivity contribution >= 4 is 12.0 Å². The van der Waals surface area contributed by atoms with E-state index < -0.39 is 11.9 Å². The van der Waals surface area contributed by atoms with Gasteiger partial charge in [-0.05, 0) is 18.8 Å². The second-order valence-corrected chi connectivity index (χ2v) is 5.71. The number of hydrogen-bond acceptors (Lipinski definition) is 2. The summed E-state index contributed by atoms with van der Waals surface area (Å²) in [5, 5.41) is 11.9. The van der Waals surface area contributed by atoms with Gasteiger partial charge < -0.3 is 15.3 Å². The molecule has 1 fully saturated rings. The number of rotatable bonds is 5. The van der Waals surface area contributed by atoms with Gasteiger partial charge in [-0.3, -0.25) is 4.79 Å². The smallest absolute Gasteiger partial charge is 0.317 e. The molecule has 0 spiro atoms. The van der Waals surface area contributed by atoms with Crippen molar-refractivity contribution in [2.75, 3.05) is 13.6 Å². The van der Waals surface area contributed by atoms with Crippen molar-refractivity contribution in [3.8, 4) is 0 Å². The zero-order valence-electron chi connectivity index (χ0n) is 12.2. The molecule has 0 bridgehead atoms. The highest BCUT2D eigenvalue weighted by Gasteiger charge is 2.24. The van der Waals surface area contributed by atoms with E-state index in [4.69, 9.17) is 5.11 Å². The minimum atomic E-state index is -0.872. The van der Waals surface area contributed by atoms with Crippen LogP contribution in [-0.4, -0.2) is 41.6 Å². The van der Waals surface area contributed by atoms with Gasteiger partial charge in [0.25, 0.3) is 0 Å². The van der Waals surface area contributed by atoms with Gasteiger partial charge in [0.1, 0.15) is 0 Å².